The molecule has 0 saturated carbocycles. The van der Waals surface area contributed by atoms with Crippen LogP contribution in [0, 0.1) is 11.3 Å². The van der Waals surface area contributed by atoms with Gasteiger partial charge in [0, 0.05) is 27.1 Å². The Labute approximate surface area is 232 Å². The third-order valence-electron chi connectivity index (χ3n) is 6.81. The zero-order valence-electron chi connectivity index (χ0n) is 23.2. The highest BCUT2D eigenvalue weighted by Gasteiger charge is 2.39. The van der Waals surface area contributed by atoms with Gasteiger partial charge in [0.15, 0.2) is 0 Å². The Hall–Kier alpha value is -2.62. The quantitative estimate of drug-likeness (QED) is 0.229. The second-order valence-electron chi connectivity index (χ2n) is 11.4. The molecular weight excluding hydrogens is 525 g/mol. The van der Waals surface area contributed by atoms with Crippen LogP contribution in [0.4, 0.5) is 13.2 Å². The summed E-state index contributed by atoms with van der Waals surface area (Å²) in [4.78, 5) is 13.9. The van der Waals surface area contributed by atoms with Crippen LogP contribution in [0.2, 0.25) is 0 Å². The number of ether oxygens (including phenoxy) is 2. The van der Waals surface area contributed by atoms with Crippen LogP contribution in [0.25, 0.3) is 20.5 Å². The molecule has 0 aliphatic rings. The van der Waals surface area contributed by atoms with Gasteiger partial charge in [-0.25, -0.2) is 0 Å². The lowest BCUT2D eigenvalue weighted by Gasteiger charge is -2.34. The van der Waals surface area contributed by atoms with Gasteiger partial charge in [0.25, 0.3) is 0 Å². The van der Waals surface area contributed by atoms with Crippen molar-refractivity contribution in [3.05, 3.63) is 54.1 Å². The summed E-state index contributed by atoms with van der Waals surface area (Å²) in [5, 5.41) is 1.04. The minimum atomic E-state index is -4.44. The van der Waals surface area contributed by atoms with E-state index in [0.29, 0.717) is 12.2 Å². The Morgan fingerprint density at radius 3 is 2.33 bits per heavy atom. The van der Waals surface area contributed by atoms with Crippen molar-refractivity contribution in [2.24, 2.45) is 22.8 Å². The van der Waals surface area contributed by atoms with E-state index in [4.69, 9.17) is 20.9 Å². The van der Waals surface area contributed by atoms with Crippen molar-refractivity contribution in [1.82, 2.24) is 0 Å². The lowest BCUT2D eigenvalue weighted by molar-refractivity contribution is -0.166. The fourth-order valence-corrected chi connectivity index (χ4v) is 5.52. The van der Waals surface area contributed by atoms with Crippen LogP contribution in [-0.2, 0) is 16.0 Å². The molecule has 2 atom stereocenters. The summed E-state index contributed by atoms with van der Waals surface area (Å²) < 4.78 is 52.0. The molecule has 3 aromatic rings. The first-order valence-electron chi connectivity index (χ1n) is 13.1. The van der Waals surface area contributed by atoms with Crippen molar-refractivity contribution in [3.63, 3.8) is 0 Å². The Balaban J connectivity index is 1.69. The molecule has 1 heterocycles. The number of benzene rings is 2. The molecule has 1 aromatic heterocycles. The van der Waals surface area contributed by atoms with Gasteiger partial charge in [0.2, 0.25) is 0 Å². The van der Waals surface area contributed by atoms with Crippen molar-refractivity contribution in [3.8, 4) is 16.2 Å². The maximum absolute atomic E-state index is 13.3. The first-order chi connectivity index (χ1) is 18.1. The lowest BCUT2D eigenvalue weighted by atomic mass is 9.79. The Morgan fingerprint density at radius 2 is 1.69 bits per heavy atom. The van der Waals surface area contributed by atoms with E-state index >= 15 is 0 Å². The second-order valence-corrected chi connectivity index (χ2v) is 12.5. The fourth-order valence-electron chi connectivity index (χ4n) is 4.36. The number of carbonyl (C=O) groups excluding carboxylic acids is 1. The third kappa shape index (κ3) is 8.68. The van der Waals surface area contributed by atoms with Gasteiger partial charge in [-0.05, 0) is 81.3 Å². The maximum atomic E-state index is 13.3. The van der Waals surface area contributed by atoms with Gasteiger partial charge in [0.05, 0.1) is 25.0 Å². The molecule has 39 heavy (non-hydrogen) atoms. The van der Waals surface area contributed by atoms with E-state index in [1.807, 2.05) is 24.3 Å². The molecular formula is C30H39F3N2O3S. The van der Waals surface area contributed by atoms with Crippen LogP contribution >= 0.6 is 11.3 Å². The number of halogens is 3. The average Bonchev–Trinajstić information content (AvgIpc) is 3.26. The van der Waals surface area contributed by atoms with E-state index in [-0.39, 0.29) is 6.61 Å². The first kappa shape index (κ1) is 30.9. The summed E-state index contributed by atoms with van der Waals surface area (Å²) >= 11 is 1.61. The van der Waals surface area contributed by atoms with Crippen molar-refractivity contribution in [2.45, 2.75) is 71.6 Å². The monoisotopic (exact) mass is 564 g/mol. The van der Waals surface area contributed by atoms with Crippen LogP contribution in [-0.4, -0.2) is 36.9 Å². The van der Waals surface area contributed by atoms with Crippen LogP contribution in [0.15, 0.2) is 48.5 Å². The number of hydrogen-bond donors (Lipinski definition) is 2. The lowest BCUT2D eigenvalue weighted by Crippen LogP contribution is -2.50. The highest BCUT2D eigenvalue weighted by Crippen LogP contribution is 2.37. The molecule has 0 aliphatic carbocycles. The Bertz CT molecular complexity index is 1260. The minimum absolute atomic E-state index is 0.252. The van der Waals surface area contributed by atoms with Crippen LogP contribution in [0.3, 0.4) is 0 Å². The maximum Gasteiger partial charge on any atom is 0.389 e. The van der Waals surface area contributed by atoms with Gasteiger partial charge >= 0.3 is 12.1 Å². The number of nitrogens with two attached hydrogens (primary N) is 2. The number of fused-ring (bicyclic) bond motifs is 1. The number of alkyl halides is 3. The van der Waals surface area contributed by atoms with Crippen LogP contribution in [0.5, 0.6) is 5.75 Å². The number of hydrogen-bond acceptors (Lipinski definition) is 6. The standard InChI is InChI=1S/C30H39F3N2O3S/c1-6-20-9-7-8-10-23(20)25-13-21-11-12-22(14-24(21)39-25)37-17-19(15-30(31,32)33)18-38-27(36)29(4,5)26(34)16-28(2,3)35/h7-14,19,26H,6,15-18,34-35H2,1-5H3. The molecule has 5 nitrogen and oxygen atoms in total. The van der Waals surface area contributed by atoms with Crippen LogP contribution < -0.4 is 16.2 Å². The number of rotatable bonds is 12. The molecule has 2 unspecified atom stereocenters. The molecule has 0 spiro atoms. The summed E-state index contributed by atoms with van der Waals surface area (Å²) in [6, 6.07) is 15.2. The van der Waals surface area contributed by atoms with Gasteiger partial charge < -0.3 is 20.9 Å². The SMILES string of the molecule is CCc1ccccc1-c1cc2ccc(OCC(COC(=O)C(C)(C)C(N)CC(C)(C)N)CC(F)(F)F)cc2s1. The summed E-state index contributed by atoms with van der Waals surface area (Å²) in [5.74, 6) is -1.27. The van der Waals surface area contributed by atoms with Gasteiger partial charge in [-0.3, -0.25) is 4.79 Å². The van der Waals surface area contributed by atoms with E-state index in [0.717, 1.165) is 21.4 Å². The van der Waals surface area contributed by atoms with Gasteiger partial charge in [-0.1, -0.05) is 31.2 Å². The molecule has 2 aromatic carbocycles. The summed E-state index contributed by atoms with van der Waals surface area (Å²) in [5.41, 5.74) is 12.9. The average molecular weight is 565 g/mol. The zero-order chi connectivity index (χ0) is 29.0. The smallest absolute Gasteiger partial charge is 0.389 e. The molecule has 9 heteroatoms. The molecule has 214 valence electrons. The highest BCUT2D eigenvalue weighted by atomic mass is 32.1. The summed E-state index contributed by atoms with van der Waals surface area (Å²) in [7, 11) is 0. The predicted octanol–water partition coefficient (Wildman–Crippen LogP) is 7.10. The largest absolute Gasteiger partial charge is 0.493 e. The van der Waals surface area contributed by atoms with E-state index < -0.39 is 48.1 Å². The van der Waals surface area contributed by atoms with E-state index in [1.165, 1.54) is 11.1 Å². The fraction of sp³-hybridized carbons (Fsp3) is 0.500. The number of thiophene rings is 1. The molecule has 3 rings (SSSR count). The number of aryl methyl sites for hydroxylation is 1. The normalized spacial score (nSPS) is 14.3. The highest BCUT2D eigenvalue weighted by molar-refractivity contribution is 7.22. The molecule has 0 aliphatic heterocycles. The van der Waals surface area contributed by atoms with E-state index in [1.54, 1.807) is 45.1 Å². The third-order valence-corrected chi connectivity index (χ3v) is 7.94. The Morgan fingerprint density at radius 1 is 1.00 bits per heavy atom. The first-order valence-corrected chi connectivity index (χ1v) is 13.9. The van der Waals surface area contributed by atoms with Gasteiger partial charge in [0.1, 0.15) is 5.75 Å². The second kappa shape index (κ2) is 12.3. The van der Waals surface area contributed by atoms with E-state index in [9.17, 15) is 18.0 Å². The molecule has 0 radical (unpaired) electrons. The van der Waals surface area contributed by atoms with Crippen molar-refractivity contribution in [1.29, 1.82) is 0 Å². The van der Waals surface area contributed by atoms with Gasteiger partial charge in [-0.2, -0.15) is 13.2 Å². The minimum Gasteiger partial charge on any atom is -0.493 e. The van der Waals surface area contributed by atoms with Crippen molar-refractivity contribution < 1.29 is 27.4 Å². The molecule has 0 bridgehead atoms. The molecule has 4 N–H and O–H groups in total. The number of esters is 1. The van der Waals surface area contributed by atoms with Crippen LogP contribution in [0.1, 0.15) is 53.0 Å². The topological polar surface area (TPSA) is 87.6 Å². The van der Waals surface area contributed by atoms with Gasteiger partial charge in [-0.15, -0.1) is 11.3 Å². The molecule has 0 amide bonds. The molecule has 0 fully saturated rings. The Kier molecular flexibility index (Phi) is 9.73. The zero-order valence-corrected chi connectivity index (χ0v) is 24.0. The molecule has 0 saturated heterocycles. The van der Waals surface area contributed by atoms with Crippen molar-refractivity contribution >= 4 is 27.4 Å². The predicted molar refractivity (Wildman–Crippen MR) is 152 cm³/mol. The van der Waals surface area contributed by atoms with Crippen molar-refractivity contribution in [2.75, 3.05) is 13.2 Å². The summed E-state index contributed by atoms with van der Waals surface area (Å²) in [6.07, 6.45) is -4.31. The number of carbonyl (C=O) groups is 1. The van der Waals surface area contributed by atoms with E-state index in [2.05, 4.69) is 25.1 Å². The summed E-state index contributed by atoms with van der Waals surface area (Å²) in [6.45, 7) is 8.25.